The largest absolute Gasteiger partial charge is 0.497 e. The highest BCUT2D eigenvalue weighted by atomic mass is 16.5. The smallest absolute Gasteiger partial charge is 0.274 e. The third-order valence-corrected chi connectivity index (χ3v) is 4.40. The SMILES string of the molecule is COc1cccc(CCNc2nc(C)cc(C(=O)Nc3cc(C)cc(C)c3)n2)c1. The fraction of sp³-hybridized carbons (Fsp3) is 0.261. The summed E-state index contributed by atoms with van der Waals surface area (Å²) in [6.07, 6.45) is 0.790. The molecule has 6 nitrogen and oxygen atoms in total. The highest BCUT2D eigenvalue weighted by molar-refractivity contribution is 6.03. The van der Waals surface area contributed by atoms with Crippen LogP contribution in [0.4, 0.5) is 11.6 Å². The summed E-state index contributed by atoms with van der Waals surface area (Å²) in [4.78, 5) is 21.4. The fourth-order valence-electron chi connectivity index (χ4n) is 3.15. The number of hydrogen-bond donors (Lipinski definition) is 2. The lowest BCUT2D eigenvalue weighted by Crippen LogP contribution is -2.17. The van der Waals surface area contributed by atoms with E-state index in [2.05, 4.69) is 26.7 Å². The summed E-state index contributed by atoms with van der Waals surface area (Å²) >= 11 is 0. The Morgan fingerprint density at radius 3 is 2.48 bits per heavy atom. The number of carbonyl (C=O) groups is 1. The number of nitrogens with one attached hydrogen (secondary N) is 2. The van der Waals surface area contributed by atoms with Gasteiger partial charge in [0.1, 0.15) is 11.4 Å². The maximum atomic E-state index is 12.7. The molecule has 150 valence electrons. The van der Waals surface area contributed by atoms with E-state index < -0.39 is 0 Å². The van der Waals surface area contributed by atoms with Crippen molar-refractivity contribution in [3.05, 3.63) is 76.6 Å². The van der Waals surface area contributed by atoms with Crippen LogP contribution in [0.1, 0.15) is 32.9 Å². The molecule has 2 N–H and O–H groups in total. The molecule has 1 heterocycles. The van der Waals surface area contributed by atoms with Crippen LogP contribution in [-0.2, 0) is 6.42 Å². The molecule has 3 rings (SSSR count). The predicted molar refractivity (Wildman–Crippen MR) is 116 cm³/mol. The van der Waals surface area contributed by atoms with Crippen molar-refractivity contribution in [3.8, 4) is 5.75 Å². The van der Waals surface area contributed by atoms with E-state index in [-0.39, 0.29) is 5.91 Å². The van der Waals surface area contributed by atoms with Gasteiger partial charge in [0.15, 0.2) is 0 Å². The van der Waals surface area contributed by atoms with Crippen LogP contribution in [0.25, 0.3) is 0 Å². The van der Waals surface area contributed by atoms with Gasteiger partial charge in [-0.25, -0.2) is 9.97 Å². The van der Waals surface area contributed by atoms with Crippen LogP contribution in [0.3, 0.4) is 0 Å². The van der Waals surface area contributed by atoms with Gasteiger partial charge < -0.3 is 15.4 Å². The molecule has 0 atom stereocenters. The molecule has 0 aliphatic rings. The van der Waals surface area contributed by atoms with Gasteiger partial charge in [0.05, 0.1) is 7.11 Å². The molecule has 2 aromatic carbocycles. The van der Waals surface area contributed by atoms with E-state index in [1.54, 1.807) is 13.2 Å². The predicted octanol–water partition coefficient (Wildman–Crippen LogP) is 4.32. The molecular formula is C23H26N4O2. The van der Waals surface area contributed by atoms with Gasteiger partial charge in [-0.05, 0) is 74.2 Å². The Morgan fingerprint density at radius 2 is 1.76 bits per heavy atom. The number of methoxy groups -OCH3 is 1. The van der Waals surface area contributed by atoms with Gasteiger partial charge in [-0.15, -0.1) is 0 Å². The first kappa shape index (κ1) is 20.3. The topological polar surface area (TPSA) is 76.1 Å². The monoisotopic (exact) mass is 390 g/mol. The second kappa shape index (κ2) is 9.19. The Labute approximate surface area is 171 Å². The minimum absolute atomic E-state index is 0.253. The van der Waals surface area contributed by atoms with Crippen molar-refractivity contribution in [1.82, 2.24) is 9.97 Å². The van der Waals surface area contributed by atoms with Crippen LogP contribution >= 0.6 is 0 Å². The van der Waals surface area contributed by atoms with E-state index in [4.69, 9.17) is 4.74 Å². The van der Waals surface area contributed by atoms with Gasteiger partial charge in [-0.3, -0.25) is 4.79 Å². The average Bonchev–Trinajstić information content (AvgIpc) is 2.67. The van der Waals surface area contributed by atoms with Crippen molar-refractivity contribution in [2.45, 2.75) is 27.2 Å². The molecule has 3 aromatic rings. The van der Waals surface area contributed by atoms with Crippen LogP contribution in [0.5, 0.6) is 5.75 Å². The van der Waals surface area contributed by atoms with Crippen LogP contribution in [0.2, 0.25) is 0 Å². The van der Waals surface area contributed by atoms with Gasteiger partial charge in [0, 0.05) is 17.9 Å². The zero-order chi connectivity index (χ0) is 20.8. The fourth-order valence-corrected chi connectivity index (χ4v) is 3.15. The van der Waals surface area contributed by atoms with Gasteiger partial charge in [-0.1, -0.05) is 18.2 Å². The number of aromatic nitrogens is 2. The van der Waals surface area contributed by atoms with Gasteiger partial charge in [-0.2, -0.15) is 0 Å². The summed E-state index contributed by atoms with van der Waals surface area (Å²) in [7, 11) is 1.66. The van der Waals surface area contributed by atoms with E-state index in [1.165, 1.54) is 0 Å². The number of hydrogen-bond acceptors (Lipinski definition) is 5. The maximum absolute atomic E-state index is 12.7. The Morgan fingerprint density at radius 1 is 1.00 bits per heavy atom. The molecule has 0 saturated carbocycles. The third kappa shape index (κ3) is 5.78. The summed E-state index contributed by atoms with van der Waals surface area (Å²) < 4.78 is 5.25. The number of ether oxygens (including phenoxy) is 1. The minimum Gasteiger partial charge on any atom is -0.497 e. The molecule has 0 spiro atoms. The molecule has 1 amide bonds. The van der Waals surface area contributed by atoms with E-state index in [9.17, 15) is 4.79 Å². The van der Waals surface area contributed by atoms with Crippen LogP contribution in [0.15, 0.2) is 48.5 Å². The molecule has 29 heavy (non-hydrogen) atoms. The summed E-state index contributed by atoms with van der Waals surface area (Å²) in [5.74, 6) is 1.02. The molecule has 1 aromatic heterocycles. The molecule has 6 heteroatoms. The molecule has 0 bridgehead atoms. The third-order valence-electron chi connectivity index (χ3n) is 4.40. The lowest BCUT2D eigenvalue weighted by atomic mass is 10.1. The number of amides is 1. The molecule has 0 fully saturated rings. The van der Waals surface area contributed by atoms with Crippen molar-refractivity contribution in [1.29, 1.82) is 0 Å². The number of nitrogens with zero attached hydrogens (tertiary/aromatic N) is 2. The number of benzene rings is 2. The standard InChI is InChI=1S/C23H26N4O2/c1-15-10-16(2)12-19(11-15)26-22(28)21-13-17(3)25-23(27-21)24-9-8-18-6-5-7-20(14-18)29-4/h5-7,10-14H,8-9H2,1-4H3,(H,26,28)(H,24,25,27). The average molecular weight is 390 g/mol. The van der Waals surface area contributed by atoms with Crippen molar-refractivity contribution < 1.29 is 9.53 Å². The summed E-state index contributed by atoms with van der Waals surface area (Å²) in [6.45, 7) is 6.50. The minimum atomic E-state index is -0.253. The lowest BCUT2D eigenvalue weighted by molar-refractivity contribution is 0.102. The molecule has 0 radical (unpaired) electrons. The first-order valence-electron chi connectivity index (χ1n) is 9.55. The Kier molecular flexibility index (Phi) is 6.44. The second-order valence-electron chi connectivity index (χ2n) is 7.08. The Bertz CT molecular complexity index is 997. The highest BCUT2D eigenvalue weighted by Gasteiger charge is 2.11. The quantitative estimate of drug-likeness (QED) is 0.628. The number of carbonyl (C=O) groups excluding carboxylic acids is 1. The van der Waals surface area contributed by atoms with E-state index >= 15 is 0 Å². The second-order valence-corrected chi connectivity index (χ2v) is 7.08. The molecular weight excluding hydrogens is 364 g/mol. The first-order chi connectivity index (χ1) is 13.9. The van der Waals surface area contributed by atoms with Gasteiger partial charge in [0.2, 0.25) is 5.95 Å². The first-order valence-corrected chi connectivity index (χ1v) is 9.55. The van der Waals surface area contributed by atoms with Crippen molar-refractivity contribution in [2.75, 3.05) is 24.3 Å². The van der Waals surface area contributed by atoms with E-state index in [1.807, 2.05) is 57.2 Å². The van der Waals surface area contributed by atoms with E-state index in [0.29, 0.717) is 18.2 Å². The summed E-state index contributed by atoms with van der Waals surface area (Å²) in [6, 6.07) is 15.6. The summed E-state index contributed by atoms with van der Waals surface area (Å²) in [5.41, 5.74) is 5.17. The highest BCUT2D eigenvalue weighted by Crippen LogP contribution is 2.16. The van der Waals surface area contributed by atoms with Crippen LogP contribution in [0, 0.1) is 20.8 Å². The van der Waals surface area contributed by atoms with Crippen LogP contribution < -0.4 is 15.4 Å². The molecule has 0 aliphatic heterocycles. The summed E-state index contributed by atoms with van der Waals surface area (Å²) in [5, 5.41) is 6.12. The zero-order valence-electron chi connectivity index (χ0n) is 17.2. The van der Waals surface area contributed by atoms with Crippen LogP contribution in [-0.4, -0.2) is 29.5 Å². The number of rotatable bonds is 7. The Hall–Kier alpha value is -3.41. The van der Waals surface area contributed by atoms with Crippen molar-refractivity contribution >= 4 is 17.5 Å². The number of anilines is 2. The van der Waals surface area contributed by atoms with Crippen molar-refractivity contribution in [3.63, 3.8) is 0 Å². The number of aryl methyl sites for hydroxylation is 3. The normalized spacial score (nSPS) is 10.5. The maximum Gasteiger partial charge on any atom is 0.274 e. The van der Waals surface area contributed by atoms with Crippen molar-refractivity contribution in [2.24, 2.45) is 0 Å². The van der Waals surface area contributed by atoms with Gasteiger partial charge >= 0.3 is 0 Å². The Balaban J connectivity index is 1.66. The lowest BCUT2D eigenvalue weighted by Gasteiger charge is -2.10. The van der Waals surface area contributed by atoms with Gasteiger partial charge in [0.25, 0.3) is 5.91 Å². The van der Waals surface area contributed by atoms with E-state index in [0.717, 1.165) is 40.2 Å². The molecule has 0 unspecified atom stereocenters. The molecule has 0 saturated heterocycles. The molecule has 0 aliphatic carbocycles. The zero-order valence-corrected chi connectivity index (χ0v) is 17.2.